The van der Waals surface area contributed by atoms with Gasteiger partial charge in [0.25, 0.3) is 0 Å². The zero-order valence-electron chi connectivity index (χ0n) is 8.37. The van der Waals surface area contributed by atoms with Gasteiger partial charge >= 0.3 is 0 Å². The minimum Gasteiger partial charge on any atom is -0.378 e. The second-order valence-corrected chi connectivity index (χ2v) is 4.68. The van der Waals surface area contributed by atoms with Gasteiger partial charge in [-0.2, -0.15) is 0 Å². The number of ether oxygens (including phenoxy) is 1. The fraction of sp³-hybridized carbons (Fsp3) is 1.00. The summed E-state index contributed by atoms with van der Waals surface area (Å²) in [4.78, 5) is 0. The van der Waals surface area contributed by atoms with Crippen molar-refractivity contribution in [1.29, 1.82) is 0 Å². The molecule has 0 aromatic rings. The van der Waals surface area contributed by atoms with E-state index in [1.54, 1.807) is 0 Å². The first-order valence-corrected chi connectivity index (χ1v) is 5.72. The molecule has 0 saturated heterocycles. The Balaban J connectivity index is 1.62. The Labute approximate surface area is 80.8 Å². The lowest BCUT2D eigenvalue weighted by Crippen LogP contribution is -2.33. The fourth-order valence-electron chi connectivity index (χ4n) is 2.26. The summed E-state index contributed by atoms with van der Waals surface area (Å²) in [6, 6.07) is 0.403. The van der Waals surface area contributed by atoms with Crippen molar-refractivity contribution in [2.24, 2.45) is 11.7 Å². The summed E-state index contributed by atoms with van der Waals surface area (Å²) >= 11 is 0. The van der Waals surface area contributed by atoms with Crippen LogP contribution in [0.2, 0.25) is 0 Å². The highest BCUT2D eigenvalue weighted by Crippen LogP contribution is 2.28. The maximum atomic E-state index is 5.90. The van der Waals surface area contributed by atoms with Gasteiger partial charge in [-0.25, -0.2) is 0 Å². The average molecular weight is 183 g/mol. The first-order chi connectivity index (χ1) is 6.34. The highest BCUT2D eigenvalue weighted by Gasteiger charge is 2.23. The van der Waals surface area contributed by atoms with Gasteiger partial charge in [0.1, 0.15) is 0 Å². The summed E-state index contributed by atoms with van der Waals surface area (Å²) in [5, 5.41) is 0. The van der Waals surface area contributed by atoms with E-state index in [0.29, 0.717) is 12.1 Å². The van der Waals surface area contributed by atoms with Crippen molar-refractivity contribution in [3.05, 3.63) is 0 Å². The predicted molar refractivity (Wildman–Crippen MR) is 53.5 cm³/mol. The van der Waals surface area contributed by atoms with Gasteiger partial charge in [-0.15, -0.1) is 0 Å². The van der Waals surface area contributed by atoms with Crippen LogP contribution in [-0.4, -0.2) is 18.8 Å². The SMILES string of the molecule is NC1CCCC(OCC2CCC2)C1. The number of hydrogen-bond acceptors (Lipinski definition) is 2. The minimum atomic E-state index is 0.403. The predicted octanol–water partition coefficient (Wildman–Crippen LogP) is 2.07. The van der Waals surface area contributed by atoms with Gasteiger partial charge in [0.2, 0.25) is 0 Å². The maximum absolute atomic E-state index is 5.90. The molecule has 0 aliphatic heterocycles. The molecule has 2 N–H and O–H groups in total. The lowest BCUT2D eigenvalue weighted by Gasteiger charge is -2.31. The molecule has 2 aliphatic rings. The molecule has 0 aromatic heterocycles. The van der Waals surface area contributed by atoms with Gasteiger partial charge in [0.05, 0.1) is 6.10 Å². The lowest BCUT2D eigenvalue weighted by molar-refractivity contribution is -0.0108. The standard InChI is InChI=1S/C11H21NO/c12-10-5-2-6-11(7-10)13-8-9-3-1-4-9/h9-11H,1-8,12H2. The average Bonchev–Trinajstić information content (AvgIpc) is 2.01. The monoisotopic (exact) mass is 183 g/mol. The summed E-state index contributed by atoms with van der Waals surface area (Å²) in [5.74, 6) is 0.873. The fourth-order valence-corrected chi connectivity index (χ4v) is 2.26. The van der Waals surface area contributed by atoms with Crippen LogP contribution in [0.25, 0.3) is 0 Å². The molecule has 2 fully saturated rings. The van der Waals surface area contributed by atoms with E-state index in [1.165, 1.54) is 38.5 Å². The first-order valence-electron chi connectivity index (χ1n) is 5.72. The van der Waals surface area contributed by atoms with Crippen molar-refractivity contribution in [2.45, 2.75) is 57.1 Å². The van der Waals surface area contributed by atoms with E-state index in [0.717, 1.165) is 18.9 Å². The quantitative estimate of drug-likeness (QED) is 0.727. The van der Waals surface area contributed by atoms with Crippen molar-refractivity contribution in [2.75, 3.05) is 6.61 Å². The lowest BCUT2D eigenvalue weighted by atomic mass is 9.86. The van der Waals surface area contributed by atoms with Crippen LogP contribution in [0.4, 0.5) is 0 Å². The summed E-state index contributed by atoms with van der Waals surface area (Å²) < 4.78 is 5.88. The summed E-state index contributed by atoms with van der Waals surface area (Å²) in [6.07, 6.45) is 9.45. The summed E-state index contributed by atoms with van der Waals surface area (Å²) in [6.45, 7) is 0.997. The van der Waals surface area contributed by atoms with E-state index in [1.807, 2.05) is 0 Å². The van der Waals surface area contributed by atoms with Crippen molar-refractivity contribution in [3.63, 3.8) is 0 Å². The largest absolute Gasteiger partial charge is 0.378 e. The van der Waals surface area contributed by atoms with Crippen LogP contribution < -0.4 is 5.73 Å². The maximum Gasteiger partial charge on any atom is 0.0590 e. The Morgan fingerprint density at radius 1 is 1.08 bits per heavy atom. The van der Waals surface area contributed by atoms with E-state index >= 15 is 0 Å². The number of hydrogen-bond donors (Lipinski definition) is 1. The molecule has 2 unspecified atom stereocenters. The van der Waals surface area contributed by atoms with Gasteiger partial charge in [-0.3, -0.25) is 0 Å². The van der Waals surface area contributed by atoms with E-state index in [2.05, 4.69) is 0 Å². The van der Waals surface area contributed by atoms with Crippen molar-refractivity contribution in [3.8, 4) is 0 Å². The first kappa shape index (κ1) is 9.47. The zero-order chi connectivity index (χ0) is 9.10. The van der Waals surface area contributed by atoms with Crippen molar-refractivity contribution >= 4 is 0 Å². The van der Waals surface area contributed by atoms with Gasteiger partial charge < -0.3 is 10.5 Å². The molecule has 0 aromatic carbocycles. The van der Waals surface area contributed by atoms with E-state index in [-0.39, 0.29) is 0 Å². The van der Waals surface area contributed by atoms with Gasteiger partial charge in [0.15, 0.2) is 0 Å². The zero-order valence-corrected chi connectivity index (χ0v) is 8.37. The van der Waals surface area contributed by atoms with E-state index in [4.69, 9.17) is 10.5 Å². The topological polar surface area (TPSA) is 35.2 Å². The molecular formula is C11H21NO. The van der Waals surface area contributed by atoms with Crippen LogP contribution in [0.15, 0.2) is 0 Å². The van der Waals surface area contributed by atoms with Gasteiger partial charge in [0, 0.05) is 12.6 Å². The molecule has 0 heterocycles. The Bertz CT molecular complexity index is 156. The molecule has 2 rings (SSSR count). The third-order valence-electron chi connectivity index (χ3n) is 3.46. The van der Waals surface area contributed by atoms with Crippen LogP contribution in [-0.2, 0) is 4.74 Å². The third-order valence-corrected chi connectivity index (χ3v) is 3.46. The Hall–Kier alpha value is -0.0800. The molecule has 2 heteroatoms. The Morgan fingerprint density at radius 3 is 2.46 bits per heavy atom. The van der Waals surface area contributed by atoms with Gasteiger partial charge in [-0.1, -0.05) is 6.42 Å². The molecule has 0 spiro atoms. The van der Waals surface area contributed by atoms with Crippen LogP contribution in [0.3, 0.4) is 0 Å². The molecule has 2 nitrogen and oxygen atoms in total. The van der Waals surface area contributed by atoms with Crippen LogP contribution in [0, 0.1) is 5.92 Å². The third kappa shape index (κ3) is 2.68. The number of nitrogens with two attached hydrogens (primary N) is 1. The van der Waals surface area contributed by atoms with Crippen LogP contribution in [0.1, 0.15) is 44.9 Å². The molecule has 13 heavy (non-hydrogen) atoms. The Kier molecular flexibility index (Phi) is 3.23. The smallest absolute Gasteiger partial charge is 0.0590 e. The van der Waals surface area contributed by atoms with E-state index < -0.39 is 0 Å². The summed E-state index contributed by atoms with van der Waals surface area (Å²) in [7, 11) is 0. The van der Waals surface area contributed by atoms with Crippen molar-refractivity contribution in [1.82, 2.24) is 0 Å². The van der Waals surface area contributed by atoms with E-state index in [9.17, 15) is 0 Å². The highest BCUT2D eigenvalue weighted by molar-refractivity contribution is 4.76. The minimum absolute atomic E-state index is 0.403. The van der Waals surface area contributed by atoms with Gasteiger partial charge in [-0.05, 0) is 44.4 Å². The summed E-state index contributed by atoms with van der Waals surface area (Å²) in [5.41, 5.74) is 5.90. The Morgan fingerprint density at radius 2 is 1.85 bits per heavy atom. The molecular weight excluding hydrogens is 162 g/mol. The van der Waals surface area contributed by atoms with Crippen molar-refractivity contribution < 1.29 is 4.74 Å². The molecule has 0 amide bonds. The normalized spacial score (nSPS) is 35.8. The van der Waals surface area contributed by atoms with Crippen LogP contribution >= 0.6 is 0 Å². The molecule has 2 aliphatic carbocycles. The molecule has 0 radical (unpaired) electrons. The van der Waals surface area contributed by atoms with Crippen LogP contribution in [0.5, 0.6) is 0 Å². The highest BCUT2D eigenvalue weighted by atomic mass is 16.5. The second-order valence-electron chi connectivity index (χ2n) is 4.68. The molecule has 2 saturated carbocycles. The number of rotatable bonds is 3. The molecule has 76 valence electrons. The molecule has 0 bridgehead atoms. The second kappa shape index (κ2) is 4.43. The molecule has 2 atom stereocenters.